The van der Waals surface area contributed by atoms with E-state index in [9.17, 15) is 14.4 Å². The molecule has 2 atom stereocenters. The van der Waals surface area contributed by atoms with Crippen LogP contribution in [0, 0.1) is 5.92 Å². The molecular weight excluding hydrogens is 344 g/mol. The molecule has 1 aliphatic rings. The van der Waals surface area contributed by atoms with E-state index >= 15 is 0 Å². The van der Waals surface area contributed by atoms with Crippen molar-refractivity contribution < 1.29 is 14.4 Å². The summed E-state index contributed by atoms with van der Waals surface area (Å²) in [5.41, 5.74) is 6.28. The molecule has 0 radical (unpaired) electrons. The zero-order chi connectivity index (χ0) is 18.6. The van der Waals surface area contributed by atoms with Crippen LogP contribution in [-0.2, 0) is 9.59 Å². The van der Waals surface area contributed by atoms with Gasteiger partial charge < -0.3 is 21.3 Å². The zero-order valence-corrected chi connectivity index (χ0v) is 15.1. The van der Waals surface area contributed by atoms with Gasteiger partial charge in [0.1, 0.15) is 6.04 Å². The third kappa shape index (κ3) is 4.63. The van der Waals surface area contributed by atoms with E-state index in [0.29, 0.717) is 35.8 Å². The van der Waals surface area contributed by atoms with Gasteiger partial charge in [-0.05, 0) is 30.5 Å². The van der Waals surface area contributed by atoms with Crippen LogP contribution >= 0.6 is 11.6 Å². The molecule has 1 fully saturated rings. The number of amides is 4. The minimum atomic E-state index is -0.749. The molecule has 136 valence electrons. The molecule has 1 heterocycles. The smallest absolute Gasteiger partial charge is 0.312 e. The topological polar surface area (TPSA) is 105 Å². The molecule has 1 saturated heterocycles. The van der Waals surface area contributed by atoms with Gasteiger partial charge in [0.2, 0.25) is 11.8 Å². The van der Waals surface area contributed by atoms with E-state index in [0.717, 1.165) is 6.42 Å². The Morgan fingerprint density at radius 3 is 2.64 bits per heavy atom. The van der Waals surface area contributed by atoms with Crippen LogP contribution in [0.15, 0.2) is 18.2 Å². The second kappa shape index (κ2) is 8.20. The SMILES string of the molecule is CC[C@H](C)[C@H](NC(N)=O)C(=O)Nc1ccc(N2CCCC2=O)c(Cl)c1. The molecule has 1 aliphatic heterocycles. The Morgan fingerprint density at radius 2 is 2.12 bits per heavy atom. The number of hydrogen-bond donors (Lipinski definition) is 3. The molecule has 1 aromatic carbocycles. The number of halogens is 1. The molecule has 4 N–H and O–H groups in total. The Hall–Kier alpha value is -2.28. The predicted octanol–water partition coefficient (Wildman–Crippen LogP) is 2.49. The summed E-state index contributed by atoms with van der Waals surface area (Å²) in [6, 6.07) is 3.50. The van der Waals surface area contributed by atoms with Crippen molar-refractivity contribution in [3.63, 3.8) is 0 Å². The van der Waals surface area contributed by atoms with Gasteiger partial charge in [0, 0.05) is 18.7 Å². The molecular formula is C17H23ClN4O3. The summed E-state index contributed by atoms with van der Waals surface area (Å²) in [4.78, 5) is 37.1. The normalized spacial score (nSPS) is 16.4. The molecule has 0 spiro atoms. The number of anilines is 2. The Bertz CT molecular complexity index is 680. The Balaban J connectivity index is 2.13. The fraction of sp³-hybridized carbons (Fsp3) is 0.471. The van der Waals surface area contributed by atoms with Crippen molar-refractivity contribution in [2.24, 2.45) is 11.7 Å². The average molecular weight is 367 g/mol. The highest BCUT2D eigenvalue weighted by Gasteiger charge is 2.26. The van der Waals surface area contributed by atoms with Crippen LogP contribution in [-0.4, -0.2) is 30.4 Å². The van der Waals surface area contributed by atoms with Crippen LogP contribution < -0.4 is 21.3 Å². The first-order chi connectivity index (χ1) is 11.8. The van der Waals surface area contributed by atoms with Gasteiger partial charge in [0.05, 0.1) is 10.7 Å². The first kappa shape index (κ1) is 19.1. The van der Waals surface area contributed by atoms with Crippen LogP contribution in [0.5, 0.6) is 0 Å². The monoisotopic (exact) mass is 366 g/mol. The van der Waals surface area contributed by atoms with Crippen LogP contribution in [0.25, 0.3) is 0 Å². The van der Waals surface area contributed by atoms with Crippen molar-refractivity contribution in [2.75, 3.05) is 16.8 Å². The maximum absolute atomic E-state index is 12.5. The fourth-order valence-corrected chi connectivity index (χ4v) is 3.06. The maximum Gasteiger partial charge on any atom is 0.312 e. The Labute approximate surface area is 151 Å². The summed E-state index contributed by atoms with van der Waals surface area (Å²) in [7, 11) is 0. The predicted molar refractivity (Wildman–Crippen MR) is 97.6 cm³/mol. The van der Waals surface area contributed by atoms with Crippen LogP contribution in [0.3, 0.4) is 0 Å². The molecule has 8 heteroatoms. The number of nitrogens with two attached hydrogens (primary N) is 1. The highest BCUT2D eigenvalue weighted by atomic mass is 35.5. The van der Waals surface area contributed by atoms with Crippen LogP contribution in [0.1, 0.15) is 33.1 Å². The van der Waals surface area contributed by atoms with E-state index in [4.69, 9.17) is 17.3 Å². The number of benzene rings is 1. The largest absolute Gasteiger partial charge is 0.352 e. The Kier molecular flexibility index (Phi) is 6.25. The average Bonchev–Trinajstić information content (AvgIpc) is 2.97. The lowest BCUT2D eigenvalue weighted by Gasteiger charge is -2.23. The van der Waals surface area contributed by atoms with Crippen molar-refractivity contribution in [1.82, 2.24) is 5.32 Å². The van der Waals surface area contributed by atoms with Crippen LogP contribution in [0.2, 0.25) is 5.02 Å². The third-order valence-corrected chi connectivity index (χ3v) is 4.68. The second-order valence-electron chi connectivity index (χ2n) is 6.18. The van der Waals surface area contributed by atoms with Gasteiger partial charge >= 0.3 is 6.03 Å². The molecule has 0 unspecified atom stereocenters. The summed E-state index contributed by atoms with van der Waals surface area (Å²) in [5, 5.41) is 5.59. The van der Waals surface area contributed by atoms with E-state index < -0.39 is 12.1 Å². The van der Waals surface area contributed by atoms with E-state index in [1.54, 1.807) is 23.1 Å². The standard InChI is InChI=1S/C17H23ClN4O3/c1-3-10(2)15(21-17(19)25)16(24)20-11-6-7-13(12(18)9-11)22-8-4-5-14(22)23/h6-7,9-10,15H,3-5,8H2,1-2H3,(H,20,24)(H3,19,21,25)/t10-,15-/m0/s1. The molecule has 25 heavy (non-hydrogen) atoms. The van der Waals surface area contributed by atoms with Gasteiger partial charge in [0.15, 0.2) is 0 Å². The first-order valence-electron chi connectivity index (χ1n) is 8.30. The van der Waals surface area contributed by atoms with E-state index in [-0.39, 0.29) is 17.7 Å². The minimum Gasteiger partial charge on any atom is -0.352 e. The minimum absolute atomic E-state index is 0.0428. The number of rotatable bonds is 6. The summed E-state index contributed by atoms with van der Waals surface area (Å²) in [6.07, 6.45) is 2.03. The molecule has 0 aliphatic carbocycles. The number of urea groups is 1. The van der Waals surface area contributed by atoms with Gasteiger partial charge in [-0.3, -0.25) is 9.59 Å². The summed E-state index contributed by atoms with van der Waals surface area (Å²) in [5.74, 6) is -0.403. The van der Waals surface area contributed by atoms with Crippen molar-refractivity contribution in [3.8, 4) is 0 Å². The zero-order valence-electron chi connectivity index (χ0n) is 14.3. The highest BCUT2D eigenvalue weighted by molar-refractivity contribution is 6.34. The van der Waals surface area contributed by atoms with E-state index in [2.05, 4.69) is 10.6 Å². The van der Waals surface area contributed by atoms with Crippen molar-refractivity contribution >= 4 is 40.8 Å². The summed E-state index contributed by atoms with van der Waals surface area (Å²) >= 11 is 6.28. The number of carbonyl (C=O) groups is 3. The molecule has 0 aromatic heterocycles. The number of nitrogens with one attached hydrogen (secondary N) is 2. The van der Waals surface area contributed by atoms with Crippen LogP contribution in [0.4, 0.5) is 16.2 Å². The van der Waals surface area contributed by atoms with Crippen molar-refractivity contribution in [2.45, 2.75) is 39.2 Å². The summed E-state index contributed by atoms with van der Waals surface area (Å²) < 4.78 is 0. The van der Waals surface area contributed by atoms with Crippen molar-refractivity contribution in [3.05, 3.63) is 23.2 Å². The van der Waals surface area contributed by atoms with Gasteiger partial charge in [-0.1, -0.05) is 31.9 Å². The lowest BCUT2D eigenvalue weighted by atomic mass is 9.98. The molecule has 0 bridgehead atoms. The number of hydrogen-bond acceptors (Lipinski definition) is 3. The Morgan fingerprint density at radius 1 is 1.40 bits per heavy atom. The van der Waals surface area contributed by atoms with E-state index in [1.807, 2.05) is 13.8 Å². The summed E-state index contributed by atoms with van der Waals surface area (Å²) in [6.45, 7) is 4.42. The van der Waals surface area contributed by atoms with Gasteiger partial charge in [-0.15, -0.1) is 0 Å². The maximum atomic E-state index is 12.5. The van der Waals surface area contributed by atoms with Gasteiger partial charge in [-0.2, -0.15) is 0 Å². The molecule has 4 amide bonds. The van der Waals surface area contributed by atoms with Crippen molar-refractivity contribution in [1.29, 1.82) is 0 Å². The number of carbonyl (C=O) groups excluding carboxylic acids is 3. The quantitative estimate of drug-likeness (QED) is 0.720. The number of primary amides is 1. The second-order valence-corrected chi connectivity index (χ2v) is 6.58. The third-order valence-electron chi connectivity index (χ3n) is 4.37. The molecule has 2 rings (SSSR count). The highest BCUT2D eigenvalue weighted by Crippen LogP contribution is 2.31. The molecule has 7 nitrogen and oxygen atoms in total. The fourth-order valence-electron chi connectivity index (χ4n) is 2.78. The van der Waals surface area contributed by atoms with Gasteiger partial charge in [-0.25, -0.2) is 4.79 Å². The van der Waals surface area contributed by atoms with E-state index in [1.165, 1.54) is 0 Å². The number of nitrogens with zero attached hydrogens (tertiary/aromatic N) is 1. The molecule has 0 saturated carbocycles. The molecule has 1 aromatic rings. The lowest BCUT2D eigenvalue weighted by molar-refractivity contribution is -0.119. The first-order valence-corrected chi connectivity index (χ1v) is 8.68. The van der Waals surface area contributed by atoms with Gasteiger partial charge in [0.25, 0.3) is 0 Å². The lowest BCUT2D eigenvalue weighted by Crippen LogP contribution is -2.49.